The van der Waals surface area contributed by atoms with Gasteiger partial charge in [-0.15, -0.1) is 0 Å². The summed E-state index contributed by atoms with van der Waals surface area (Å²) in [6.45, 7) is 5.32. The zero-order valence-corrected chi connectivity index (χ0v) is 18.8. The van der Waals surface area contributed by atoms with Gasteiger partial charge in [-0.25, -0.2) is 13.4 Å². The molecule has 8 heteroatoms. The molecular weight excluding hydrogens is 418 g/mol. The molecule has 1 fully saturated rings. The summed E-state index contributed by atoms with van der Waals surface area (Å²) < 4.78 is 28.1. The molecular formula is C22H25N3O3S2. The summed E-state index contributed by atoms with van der Waals surface area (Å²) in [5.41, 5.74) is 3.73. The Balaban J connectivity index is 1.43. The molecule has 1 aliphatic rings. The number of aryl methyl sites for hydroxylation is 2. The number of carbonyl (C=O) groups excluding carboxylic acids is 1. The molecule has 1 aliphatic heterocycles. The van der Waals surface area contributed by atoms with E-state index in [4.69, 9.17) is 0 Å². The second-order valence-electron chi connectivity index (χ2n) is 7.71. The average molecular weight is 444 g/mol. The van der Waals surface area contributed by atoms with Crippen molar-refractivity contribution in [2.45, 2.75) is 38.0 Å². The van der Waals surface area contributed by atoms with E-state index in [1.54, 1.807) is 12.1 Å². The zero-order chi connectivity index (χ0) is 21.3. The summed E-state index contributed by atoms with van der Waals surface area (Å²) in [6.07, 6.45) is 2.86. The van der Waals surface area contributed by atoms with Gasteiger partial charge in [-0.3, -0.25) is 4.79 Å². The van der Waals surface area contributed by atoms with Crippen molar-refractivity contribution < 1.29 is 13.2 Å². The predicted molar refractivity (Wildman–Crippen MR) is 121 cm³/mol. The molecule has 0 aliphatic carbocycles. The van der Waals surface area contributed by atoms with Crippen LogP contribution in [0, 0.1) is 13.8 Å². The van der Waals surface area contributed by atoms with Crippen LogP contribution < -0.4 is 5.32 Å². The number of nitrogens with zero attached hydrogens (tertiary/aromatic N) is 2. The van der Waals surface area contributed by atoms with Gasteiger partial charge in [0, 0.05) is 18.7 Å². The van der Waals surface area contributed by atoms with Crippen molar-refractivity contribution in [1.82, 2.24) is 9.29 Å². The Morgan fingerprint density at radius 2 is 1.80 bits per heavy atom. The van der Waals surface area contributed by atoms with Crippen molar-refractivity contribution >= 4 is 42.5 Å². The Morgan fingerprint density at radius 3 is 2.50 bits per heavy atom. The van der Waals surface area contributed by atoms with Crippen LogP contribution in [-0.4, -0.2) is 43.1 Å². The predicted octanol–water partition coefficient (Wildman–Crippen LogP) is 4.38. The minimum absolute atomic E-state index is 0.107. The van der Waals surface area contributed by atoms with Gasteiger partial charge in [0.2, 0.25) is 10.0 Å². The van der Waals surface area contributed by atoms with Crippen molar-refractivity contribution in [1.29, 1.82) is 0 Å². The minimum Gasteiger partial charge on any atom is -0.354 e. The third-order valence-corrected chi connectivity index (χ3v) is 8.23. The van der Waals surface area contributed by atoms with Gasteiger partial charge in [-0.1, -0.05) is 23.8 Å². The minimum atomic E-state index is -3.48. The molecule has 0 bridgehead atoms. The molecule has 0 saturated carbocycles. The maximum Gasteiger partial charge on any atom is 0.243 e. The lowest BCUT2D eigenvalue weighted by Gasteiger charge is -2.25. The van der Waals surface area contributed by atoms with Gasteiger partial charge in [-0.2, -0.15) is 4.31 Å². The highest BCUT2D eigenvalue weighted by atomic mass is 32.2. The molecule has 158 valence electrons. The maximum absolute atomic E-state index is 12.7. The zero-order valence-electron chi connectivity index (χ0n) is 17.1. The van der Waals surface area contributed by atoms with Crippen molar-refractivity contribution in [2.75, 3.05) is 25.0 Å². The molecule has 0 atom stereocenters. The first-order valence-electron chi connectivity index (χ1n) is 10.1. The van der Waals surface area contributed by atoms with Gasteiger partial charge >= 0.3 is 0 Å². The highest BCUT2D eigenvalue weighted by Gasteiger charge is 2.25. The molecule has 0 unspecified atom stereocenters. The van der Waals surface area contributed by atoms with E-state index in [-0.39, 0.29) is 17.2 Å². The number of rotatable bonds is 6. The van der Waals surface area contributed by atoms with Crippen LogP contribution in [0.3, 0.4) is 0 Å². The lowest BCUT2D eigenvalue weighted by Crippen LogP contribution is -2.35. The Hall–Kier alpha value is -2.29. The highest BCUT2D eigenvalue weighted by Crippen LogP contribution is 2.29. The van der Waals surface area contributed by atoms with Gasteiger partial charge in [0.05, 0.1) is 21.7 Å². The molecule has 30 heavy (non-hydrogen) atoms. The Morgan fingerprint density at radius 1 is 1.10 bits per heavy atom. The lowest BCUT2D eigenvalue weighted by molar-refractivity contribution is 0.101. The monoisotopic (exact) mass is 443 g/mol. The van der Waals surface area contributed by atoms with E-state index in [1.807, 2.05) is 6.92 Å². The summed E-state index contributed by atoms with van der Waals surface area (Å²) >= 11 is 1.53. The Labute approximate surface area is 181 Å². The largest absolute Gasteiger partial charge is 0.354 e. The maximum atomic E-state index is 12.7. The van der Waals surface area contributed by atoms with Crippen LogP contribution >= 0.6 is 11.3 Å². The number of anilines is 1. The van der Waals surface area contributed by atoms with Crippen LogP contribution in [0.15, 0.2) is 41.3 Å². The van der Waals surface area contributed by atoms with Crippen LogP contribution in [0.2, 0.25) is 0 Å². The average Bonchev–Trinajstić information content (AvgIpc) is 3.16. The van der Waals surface area contributed by atoms with Crippen LogP contribution in [0.5, 0.6) is 0 Å². The number of sulfonamides is 1. The number of nitrogens with one attached hydrogen (secondary N) is 1. The smallest absolute Gasteiger partial charge is 0.243 e. The van der Waals surface area contributed by atoms with Gasteiger partial charge in [-0.05, 0) is 68.1 Å². The number of benzene rings is 2. The third kappa shape index (κ3) is 4.26. The topological polar surface area (TPSA) is 79.4 Å². The second-order valence-corrected chi connectivity index (χ2v) is 10.7. The van der Waals surface area contributed by atoms with Crippen LogP contribution in [-0.2, 0) is 10.0 Å². The summed E-state index contributed by atoms with van der Waals surface area (Å²) in [7, 11) is -3.48. The second kappa shape index (κ2) is 8.45. The molecule has 2 aromatic carbocycles. The number of ketones is 1. The molecule has 4 rings (SSSR count). The molecule has 1 saturated heterocycles. The quantitative estimate of drug-likeness (QED) is 0.572. The van der Waals surface area contributed by atoms with Gasteiger partial charge in [0.25, 0.3) is 0 Å². The fraction of sp³-hybridized carbons (Fsp3) is 0.364. The molecule has 0 radical (unpaired) electrons. The Bertz CT molecular complexity index is 1180. The number of aromatic nitrogens is 1. The van der Waals surface area contributed by atoms with E-state index < -0.39 is 10.0 Å². The van der Waals surface area contributed by atoms with E-state index in [9.17, 15) is 13.2 Å². The molecule has 0 amide bonds. The fourth-order valence-corrected chi connectivity index (χ4v) is 6.33. The summed E-state index contributed by atoms with van der Waals surface area (Å²) in [5, 5.41) is 3.81. The molecule has 1 aromatic heterocycles. The van der Waals surface area contributed by atoms with E-state index in [1.165, 1.54) is 33.3 Å². The first-order chi connectivity index (χ1) is 14.3. The number of piperidine rings is 1. The highest BCUT2D eigenvalue weighted by molar-refractivity contribution is 7.89. The van der Waals surface area contributed by atoms with E-state index >= 15 is 0 Å². The van der Waals surface area contributed by atoms with Crippen LogP contribution in [0.1, 0.15) is 40.7 Å². The summed E-state index contributed by atoms with van der Waals surface area (Å²) in [6, 6.07) is 10.4. The number of thiazole rings is 1. The van der Waals surface area contributed by atoms with E-state index in [2.05, 4.69) is 29.4 Å². The number of hydrogen-bond donors (Lipinski definition) is 1. The summed E-state index contributed by atoms with van der Waals surface area (Å²) in [4.78, 5) is 17.4. The van der Waals surface area contributed by atoms with Gasteiger partial charge < -0.3 is 5.32 Å². The van der Waals surface area contributed by atoms with Crippen LogP contribution in [0.25, 0.3) is 10.2 Å². The van der Waals surface area contributed by atoms with Crippen molar-refractivity contribution in [3.05, 3.63) is 53.1 Å². The molecule has 1 N–H and O–H groups in total. The normalized spacial score (nSPS) is 15.4. The molecule has 2 heterocycles. The first-order valence-corrected chi connectivity index (χ1v) is 12.4. The van der Waals surface area contributed by atoms with Crippen LogP contribution in [0.4, 0.5) is 5.13 Å². The SMILES string of the molecule is Cc1cc(C)c2nc(NCC(=O)c3ccc(S(=O)(=O)N4CCCCC4)cc3)sc2c1. The third-order valence-electron chi connectivity index (χ3n) is 5.36. The van der Waals surface area contributed by atoms with Gasteiger partial charge in [0.1, 0.15) is 0 Å². The Kier molecular flexibility index (Phi) is 5.90. The van der Waals surface area contributed by atoms with Crippen molar-refractivity contribution in [2.24, 2.45) is 0 Å². The van der Waals surface area contributed by atoms with Gasteiger partial charge in [0.15, 0.2) is 10.9 Å². The number of Topliss-reactive ketones (excluding diaryl/α,β-unsaturated/α-hetero) is 1. The van der Waals surface area contributed by atoms with Crippen molar-refractivity contribution in [3.8, 4) is 0 Å². The standard InChI is InChI=1S/C22H25N3O3S2/c1-15-12-16(2)21-20(13-15)29-22(24-21)23-14-19(26)17-6-8-18(9-7-17)30(27,28)25-10-4-3-5-11-25/h6-9,12-13H,3-5,10-11,14H2,1-2H3,(H,23,24). The van der Waals surface area contributed by atoms with E-state index in [0.29, 0.717) is 23.8 Å². The fourth-order valence-electron chi connectivity index (χ4n) is 3.77. The molecule has 6 nitrogen and oxygen atoms in total. The molecule has 0 spiro atoms. The van der Waals surface area contributed by atoms with E-state index in [0.717, 1.165) is 35.0 Å². The number of hydrogen-bond acceptors (Lipinski definition) is 6. The lowest BCUT2D eigenvalue weighted by atomic mass is 10.1. The first kappa shape index (κ1) is 21.0. The van der Waals surface area contributed by atoms with Crippen molar-refractivity contribution in [3.63, 3.8) is 0 Å². The number of fused-ring (bicyclic) bond motifs is 1. The summed E-state index contributed by atoms with van der Waals surface area (Å²) in [5.74, 6) is -0.107. The number of carbonyl (C=O) groups is 1. The molecule has 3 aromatic rings.